The third-order valence-corrected chi connectivity index (χ3v) is 3.83. The standard InChI is InChI=1S/C15H12BrClFNO2/c1-8(11-4-2-9(16)6-14(11)18)19-10-3-5-13(17)12(7-10)15(20)21/h2-8,19H,1H3,(H,20,21). The maximum atomic E-state index is 13.9. The van der Waals surface area contributed by atoms with E-state index in [9.17, 15) is 9.18 Å². The summed E-state index contributed by atoms with van der Waals surface area (Å²) in [6, 6.07) is 9.07. The van der Waals surface area contributed by atoms with Gasteiger partial charge in [0.15, 0.2) is 0 Å². The number of aromatic carboxylic acids is 1. The average Bonchev–Trinajstić information content (AvgIpc) is 2.40. The molecule has 0 bridgehead atoms. The van der Waals surface area contributed by atoms with Crippen molar-refractivity contribution in [3.63, 3.8) is 0 Å². The summed E-state index contributed by atoms with van der Waals surface area (Å²) in [5.41, 5.74) is 1.06. The number of halogens is 3. The highest BCUT2D eigenvalue weighted by molar-refractivity contribution is 9.10. The first-order valence-electron chi connectivity index (χ1n) is 6.13. The van der Waals surface area contributed by atoms with E-state index in [0.717, 1.165) is 0 Å². The Hall–Kier alpha value is -1.59. The molecule has 0 aromatic heterocycles. The van der Waals surface area contributed by atoms with Gasteiger partial charge in [0.1, 0.15) is 5.82 Å². The van der Waals surface area contributed by atoms with Crippen LogP contribution in [0.25, 0.3) is 0 Å². The van der Waals surface area contributed by atoms with Crippen LogP contribution in [0.15, 0.2) is 40.9 Å². The topological polar surface area (TPSA) is 49.3 Å². The third kappa shape index (κ3) is 3.74. The van der Waals surface area contributed by atoms with Gasteiger partial charge in [-0.05, 0) is 37.3 Å². The molecule has 0 amide bonds. The van der Waals surface area contributed by atoms with Crippen LogP contribution in [-0.4, -0.2) is 11.1 Å². The molecule has 1 unspecified atom stereocenters. The summed E-state index contributed by atoms with van der Waals surface area (Å²) >= 11 is 9.02. The number of rotatable bonds is 4. The molecule has 2 N–H and O–H groups in total. The van der Waals surface area contributed by atoms with Crippen molar-refractivity contribution in [2.45, 2.75) is 13.0 Å². The molecule has 0 fully saturated rings. The largest absolute Gasteiger partial charge is 0.478 e. The van der Waals surface area contributed by atoms with Gasteiger partial charge in [-0.25, -0.2) is 9.18 Å². The summed E-state index contributed by atoms with van der Waals surface area (Å²) in [5.74, 6) is -1.44. The Labute approximate surface area is 134 Å². The van der Waals surface area contributed by atoms with Crippen LogP contribution >= 0.6 is 27.5 Å². The van der Waals surface area contributed by atoms with Crippen LogP contribution in [0.4, 0.5) is 10.1 Å². The van der Waals surface area contributed by atoms with E-state index in [1.165, 1.54) is 18.2 Å². The predicted molar refractivity (Wildman–Crippen MR) is 84.5 cm³/mol. The molecular formula is C15H12BrClFNO2. The van der Waals surface area contributed by atoms with Crippen LogP contribution in [0.5, 0.6) is 0 Å². The smallest absolute Gasteiger partial charge is 0.337 e. The van der Waals surface area contributed by atoms with Crippen molar-refractivity contribution in [3.8, 4) is 0 Å². The van der Waals surface area contributed by atoms with Crippen LogP contribution < -0.4 is 5.32 Å². The van der Waals surface area contributed by atoms with Gasteiger partial charge in [0, 0.05) is 15.7 Å². The second-order valence-corrected chi connectivity index (χ2v) is 5.85. The number of carboxylic acids is 1. The molecule has 21 heavy (non-hydrogen) atoms. The lowest BCUT2D eigenvalue weighted by molar-refractivity contribution is 0.0697. The molecule has 0 aliphatic rings. The van der Waals surface area contributed by atoms with Gasteiger partial charge in [0.2, 0.25) is 0 Å². The minimum absolute atomic E-state index is 0.00476. The summed E-state index contributed by atoms with van der Waals surface area (Å²) in [4.78, 5) is 11.0. The van der Waals surface area contributed by atoms with Crippen LogP contribution in [0.1, 0.15) is 28.9 Å². The average molecular weight is 373 g/mol. The predicted octanol–water partition coefficient (Wildman–Crippen LogP) is 5.11. The molecule has 2 rings (SSSR count). The van der Waals surface area contributed by atoms with Crippen molar-refractivity contribution in [2.75, 3.05) is 5.32 Å². The molecule has 0 aliphatic heterocycles. The summed E-state index contributed by atoms with van der Waals surface area (Å²) in [7, 11) is 0. The first-order chi connectivity index (χ1) is 9.88. The SMILES string of the molecule is CC(Nc1ccc(Cl)c(C(=O)O)c1)c1ccc(Br)cc1F. The van der Waals surface area contributed by atoms with Gasteiger partial charge < -0.3 is 10.4 Å². The number of benzene rings is 2. The lowest BCUT2D eigenvalue weighted by Gasteiger charge is -2.17. The summed E-state index contributed by atoms with van der Waals surface area (Å²) < 4.78 is 14.6. The van der Waals surface area contributed by atoms with Gasteiger partial charge in [-0.2, -0.15) is 0 Å². The summed E-state index contributed by atoms with van der Waals surface area (Å²) in [6.45, 7) is 1.79. The molecule has 0 heterocycles. The lowest BCUT2D eigenvalue weighted by atomic mass is 10.1. The third-order valence-electron chi connectivity index (χ3n) is 3.01. The molecule has 2 aromatic rings. The van der Waals surface area contributed by atoms with E-state index in [0.29, 0.717) is 15.7 Å². The normalized spacial score (nSPS) is 12.0. The van der Waals surface area contributed by atoms with Crippen molar-refractivity contribution in [2.24, 2.45) is 0 Å². The highest BCUT2D eigenvalue weighted by atomic mass is 79.9. The Morgan fingerprint density at radius 3 is 2.67 bits per heavy atom. The van der Waals surface area contributed by atoms with E-state index < -0.39 is 5.97 Å². The summed E-state index contributed by atoms with van der Waals surface area (Å²) in [6.07, 6.45) is 0. The van der Waals surface area contributed by atoms with E-state index in [2.05, 4.69) is 21.2 Å². The van der Waals surface area contributed by atoms with Gasteiger partial charge in [-0.1, -0.05) is 33.6 Å². The Kier molecular flexibility index (Phi) is 4.85. The first kappa shape index (κ1) is 15.8. The number of nitrogens with one attached hydrogen (secondary N) is 1. The number of carbonyl (C=O) groups is 1. The van der Waals surface area contributed by atoms with Gasteiger partial charge >= 0.3 is 5.97 Å². The highest BCUT2D eigenvalue weighted by Crippen LogP contribution is 2.26. The Morgan fingerprint density at radius 2 is 2.05 bits per heavy atom. The Balaban J connectivity index is 2.25. The molecule has 0 saturated carbocycles. The zero-order valence-electron chi connectivity index (χ0n) is 11.0. The van der Waals surface area contributed by atoms with Gasteiger partial charge in [-0.3, -0.25) is 0 Å². The molecule has 1 atom stereocenters. The zero-order chi connectivity index (χ0) is 15.6. The molecule has 110 valence electrons. The van der Waals surface area contributed by atoms with Crippen LogP contribution in [-0.2, 0) is 0 Å². The Morgan fingerprint density at radius 1 is 1.33 bits per heavy atom. The first-order valence-corrected chi connectivity index (χ1v) is 7.30. The molecule has 0 saturated heterocycles. The lowest BCUT2D eigenvalue weighted by Crippen LogP contribution is -2.09. The maximum absolute atomic E-state index is 13.9. The van der Waals surface area contributed by atoms with Gasteiger partial charge in [-0.15, -0.1) is 0 Å². The zero-order valence-corrected chi connectivity index (χ0v) is 13.4. The number of anilines is 1. The molecule has 0 spiro atoms. The van der Waals surface area contributed by atoms with Crippen molar-refractivity contribution >= 4 is 39.2 Å². The van der Waals surface area contributed by atoms with E-state index in [4.69, 9.17) is 16.7 Å². The molecule has 0 radical (unpaired) electrons. The fourth-order valence-corrected chi connectivity index (χ4v) is 2.49. The van der Waals surface area contributed by atoms with Crippen molar-refractivity contribution in [1.82, 2.24) is 0 Å². The van der Waals surface area contributed by atoms with Crippen LogP contribution in [0, 0.1) is 5.82 Å². The minimum atomic E-state index is -1.11. The quantitative estimate of drug-likeness (QED) is 0.784. The summed E-state index contributed by atoms with van der Waals surface area (Å²) in [5, 5.41) is 12.3. The number of carboxylic acid groups (broad SMARTS) is 1. The molecule has 6 heteroatoms. The molecule has 3 nitrogen and oxygen atoms in total. The van der Waals surface area contributed by atoms with E-state index >= 15 is 0 Å². The van der Waals surface area contributed by atoms with Crippen molar-refractivity contribution < 1.29 is 14.3 Å². The fourth-order valence-electron chi connectivity index (χ4n) is 1.96. The Bertz CT molecular complexity index is 693. The molecular weight excluding hydrogens is 361 g/mol. The van der Waals surface area contributed by atoms with Crippen LogP contribution in [0.3, 0.4) is 0 Å². The second kappa shape index (κ2) is 6.45. The minimum Gasteiger partial charge on any atom is -0.478 e. The molecule has 2 aromatic carbocycles. The second-order valence-electron chi connectivity index (χ2n) is 4.53. The monoisotopic (exact) mass is 371 g/mol. The number of hydrogen-bond donors (Lipinski definition) is 2. The van der Waals surface area contributed by atoms with E-state index in [-0.39, 0.29) is 22.4 Å². The van der Waals surface area contributed by atoms with Crippen molar-refractivity contribution in [3.05, 3.63) is 62.8 Å². The number of hydrogen-bond acceptors (Lipinski definition) is 2. The van der Waals surface area contributed by atoms with Crippen LogP contribution in [0.2, 0.25) is 5.02 Å². The highest BCUT2D eigenvalue weighted by Gasteiger charge is 2.14. The van der Waals surface area contributed by atoms with E-state index in [1.807, 2.05) is 0 Å². The molecule has 0 aliphatic carbocycles. The maximum Gasteiger partial charge on any atom is 0.337 e. The van der Waals surface area contributed by atoms with Gasteiger partial charge in [0.05, 0.1) is 16.6 Å². The van der Waals surface area contributed by atoms with E-state index in [1.54, 1.807) is 25.1 Å². The van der Waals surface area contributed by atoms with Crippen molar-refractivity contribution in [1.29, 1.82) is 0 Å². The van der Waals surface area contributed by atoms with Gasteiger partial charge in [0.25, 0.3) is 0 Å². The fraction of sp³-hybridized carbons (Fsp3) is 0.133.